The number of rotatable bonds is 4. The van der Waals surface area contributed by atoms with Crippen LogP contribution in [0.15, 0.2) is 12.4 Å². The van der Waals surface area contributed by atoms with Crippen molar-refractivity contribution >= 4 is 5.82 Å². The maximum Gasteiger partial charge on any atom is 0.218 e. The van der Waals surface area contributed by atoms with Crippen LogP contribution in [-0.4, -0.2) is 54.2 Å². The summed E-state index contributed by atoms with van der Waals surface area (Å²) >= 11 is 0. The SMILES string of the molecule is CCOc1cc(N2CC[C@H](N(C)C)[C@@H]2C)ncn1. The van der Waals surface area contributed by atoms with E-state index in [9.17, 15) is 0 Å². The first-order chi connectivity index (χ1) is 8.63. The number of ether oxygens (including phenoxy) is 1. The van der Waals surface area contributed by atoms with E-state index < -0.39 is 0 Å². The van der Waals surface area contributed by atoms with Gasteiger partial charge in [-0.1, -0.05) is 0 Å². The summed E-state index contributed by atoms with van der Waals surface area (Å²) in [7, 11) is 4.27. The van der Waals surface area contributed by atoms with E-state index in [2.05, 4.69) is 40.8 Å². The van der Waals surface area contributed by atoms with Crippen molar-refractivity contribution in [2.45, 2.75) is 32.4 Å². The van der Waals surface area contributed by atoms with E-state index in [-0.39, 0.29) is 0 Å². The second kappa shape index (κ2) is 5.52. The third-order valence-corrected chi connectivity index (χ3v) is 3.59. The van der Waals surface area contributed by atoms with E-state index in [1.807, 2.05) is 13.0 Å². The fraction of sp³-hybridized carbons (Fsp3) is 0.692. The summed E-state index contributed by atoms with van der Waals surface area (Å²) in [5.74, 6) is 1.62. The lowest BCUT2D eigenvalue weighted by atomic mass is 10.1. The van der Waals surface area contributed by atoms with Crippen molar-refractivity contribution in [3.63, 3.8) is 0 Å². The van der Waals surface area contributed by atoms with E-state index in [0.717, 1.165) is 12.4 Å². The molecule has 2 rings (SSSR count). The van der Waals surface area contributed by atoms with Crippen molar-refractivity contribution in [1.82, 2.24) is 14.9 Å². The van der Waals surface area contributed by atoms with Crippen LogP contribution in [0.2, 0.25) is 0 Å². The lowest BCUT2D eigenvalue weighted by Crippen LogP contribution is -2.40. The minimum Gasteiger partial charge on any atom is -0.478 e. The van der Waals surface area contributed by atoms with Crippen LogP contribution < -0.4 is 9.64 Å². The third-order valence-electron chi connectivity index (χ3n) is 3.59. The van der Waals surface area contributed by atoms with Gasteiger partial charge < -0.3 is 14.5 Å². The zero-order valence-electron chi connectivity index (χ0n) is 11.6. The number of hydrogen-bond acceptors (Lipinski definition) is 5. The van der Waals surface area contributed by atoms with Crippen LogP contribution >= 0.6 is 0 Å². The van der Waals surface area contributed by atoms with E-state index in [4.69, 9.17) is 4.74 Å². The summed E-state index contributed by atoms with van der Waals surface area (Å²) in [6.45, 7) is 5.88. The summed E-state index contributed by atoms with van der Waals surface area (Å²) in [5, 5.41) is 0. The minimum absolute atomic E-state index is 0.462. The zero-order valence-corrected chi connectivity index (χ0v) is 11.6. The van der Waals surface area contributed by atoms with Crippen LogP contribution in [0.4, 0.5) is 5.82 Å². The van der Waals surface area contributed by atoms with E-state index in [1.54, 1.807) is 6.33 Å². The molecule has 18 heavy (non-hydrogen) atoms. The Bertz CT molecular complexity index is 396. The molecule has 5 heteroatoms. The van der Waals surface area contributed by atoms with Gasteiger partial charge in [0.2, 0.25) is 5.88 Å². The maximum atomic E-state index is 5.43. The zero-order chi connectivity index (χ0) is 13.1. The standard InChI is InChI=1S/C13H22N4O/c1-5-18-13-8-12(14-9-15-13)17-7-6-11(10(17)2)16(3)4/h8-11H,5-7H2,1-4H3/t10-,11-/m0/s1. The van der Waals surface area contributed by atoms with E-state index in [0.29, 0.717) is 24.6 Å². The number of likely N-dealkylation sites (N-methyl/N-ethyl adjacent to an activating group) is 1. The van der Waals surface area contributed by atoms with Gasteiger partial charge >= 0.3 is 0 Å². The first-order valence-electron chi connectivity index (χ1n) is 6.51. The van der Waals surface area contributed by atoms with Gasteiger partial charge in [0.15, 0.2) is 0 Å². The summed E-state index contributed by atoms with van der Waals surface area (Å²) in [5.41, 5.74) is 0. The second-order valence-corrected chi connectivity index (χ2v) is 4.90. The van der Waals surface area contributed by atoms with Crippen molar-refractivity contribution in [3.8, 4) is 5.88 Å². The number of anilines is 1. The topological polar surface area (TPSA) is 41.5 Å². The van der Waals surface area contributed by atoms with Gasteiger partial charge in [-0.2, -0.15) is 0 Å². The monoisotopic (exact) mass is 250 g/mol. The average Bonchev–Trinajstić information content (AvgIpc) is 2.72. The second-order valence-electron chi connectivity index (χ2n) is 4.90. The lowest BCUT2D eigenvalue weighted by Gasteiger charge is -2.29. The molecule has 100 valence electrons. The molecule has 0 bridgehead atoms. The largest absolute Gasteiger partial charge is 0.478 e. The molecule has 0 radical (unpaired) electrons. The van der Waals surface area contributed by atoms with Crippen LogP contribution in [0, 0.1) is 0 Å². The Kier molecular flexibility index (Phi) is 4.01. The van der Waals surface area contributed by atoms with Gasteiger partial charge in [0.25, 0.3) is 0 Å². The first kappa shape index (κ1) is 13.1. The Morgan fingerprint density at radius 2 is 2.22 bits per heavy atom. The molecule has 0 aromatic carbocycles. The molecule has 0 saturated carbocycles. The molecule has 0 N–H and O–H groups in total. The van der Waals surface area contributed by atoms with Crippen molar-refractivity contribution in [3.05, 3.63) is 12.4 Å². The summed E-state index contributed by atoms with van der Waals surface area (Å²) in [6.07, 6.45) is 2.75. The van der Waals surface area contributed by atoms with Gasteiger partial charge in [0.05, 0.1) is 6.61 Å². The molecular formula is C13H22N4O. The van der Waals surface area contributed by atoms with Gasteiger partial charge in [-0.3, -0.25) is 0 Å². The molecule has 1 aromatic rings. The van der Waals surface area contributed by atoms with Crippen LogP contribution in [-0.2, 0) is 0 Å². The molecular weight excluding hydrogens is 228 g/mol. The highest BCUT2D eigenvalue weighted by Gasteiger charge is 2.32. The van der Waals surface area contributed by atoms with Crippen LogP contribution in [0.25, 0.3) is 0 Å². The molecule has 1 saturated heterocycles. The Morgan fingerprint density at radius 1 is 1.44 bits per heavy atom. The predicted molar refractivity (Wildman–Crippen MR) is 72.1 cm³/mol. The van der Waals surface area contributed by atoms with Gasteiger partial charge in [0.1, 0.15) is 12.1 Å². The molecule has 2 heterocycles. The van der Waals surface area contributed by atoms with Crippen molar-refractivity contribution in [2.75, 3.05) is 32.1 Å². The Hall–Kier alpha value is -1.36. The van der Waals surface area contributed by atoms with Crippen LogP contribution in [0.1, 0.15) is 20.3 Å². The predicted octanol–water partition coefficient (Wildman–Crippen LogP) is 1.40. The first-order valence-corrected chi connectivity index (χ1v) is 6.51. The molecule has 0 unspecified atom stereocenters. The lowest BCUT2D eigenvalue weighted by molar-refractivity contribution is 0.282. The fourth-order valence-corrected chi connectivity index (χ4v) is 2.65. The van der Waals surface area contributed by atoms with Crippen molar-refractivity contribution < 1.29 is 4.74 Å². The van der Waals surface area contributed by atoms with Gasteiger partial charge in [-0.15, -0.1) is 0 Å². The van der Waals surface area contributed by atoms with E-state index in [1.165, 1.54) is 6.42 Å². The van der Waals surface area contributed by atoms with Crippen molar-refractivity contribution in [1.29, 1.82) is 0 Å². The highest BCUT2D eigenvalue weighted by atomic mass is 16.5. The normalized spacial score (nSPS) is 23.7. The number of aromatic nitrogens is 2. The number of hydrogen-bond donors (Lipinski definition) is 0. The highest BCUT2D eigenvalue weighted by molar-refractivity contribution is 5.43. The third kappa shape index (κ3) is 2.56. The average molecular weight is 250 g/mol. The molecule has 1 aliphatic rings. The summed E-state index contributed by atoms with van der Waals surface area (Å²) < 4.78 is 5.43. The smallest absolute Gasteiger partial charge is 0.218 e. The van der Waals surface area contributed by atoms with Gasteiger partial charge in [0, 0.05) is 24.7 Å². The molecule has 2 atom stereocenters. The van der Waals surface area contributed by atoms with Gasteiger partial charge in [-0.25, -0.2) is 9.97 Å². The highest BCUT2D eigenvalue weighted by Crippen LogP contribution is 2.27. The van der Waals surface area contributed by atoms with Crippen LogP contribution in [0.5, 0.6) is 5.88 Å². The molecule has 1 aromatic heterocycles. The maximum absolute atomic E-state index is 5.43. The van der Waals surface area contributed by atoms with Crippen LogP contribution in [0.3, 0.4) is 0 Å². The molecule has 5 nitrogen and oxygen atoms in total. The summed E-state index contributed by atoms with van der Waals surface area (Å²) in [6, 6.07) is 2.97. The Balaban J connectivity index is 2.14. The minimum atomic E-state index is 0.462. The molecule has 1 fully saturated rings. The molecule has 0 amide bonds. The molecule has 0 aliphatic carbocycles. The Morgan fingerprint density at radius 3 is 2.83 bits per heavy atom. The molecule has 0 spiro atoms. The quantitative estimate of drug-likeness (QED) is 0.808. The summed E-state index contributed by atoms with van der Waals surface area (Å²) in [4.78, 5) is 13.1. The number of nitrogens with zero attached hydrogens (tertiary/aromatic N) is 4. The van der Waals surface area contributed by atoms with E-state index >= 15 is 0 Å². The molecule has 1 aliphatic heterocycles. The Labute approximate surface area is 109 Å². The van der Waals surface area contributed by atoms with Crippen molar-refractivity contribution in [2.24, 2.45) is 0 Å². The fourth-order valence-electron chi connectivity index (χ4n) is 2.65. The van der Waals surface area contributed by atoms with Gasteiger partial charge in [-0.05, 0) is 34.4 Å².